The van der Waals surface area contributed by atoms with Gasteiger partial charge in [0.2, 0.25) is 0 Å². The molecule has 0 atom stereocenters. The Balaban J connectivity index is 2.34. The SMILES string of the molecule is O=C(c1ccccc1)n1cc([S])nn1. The van der Waals surface area contributed by atoms with E-state index >= 15 is 0 Å². The van der Waals surface area contributed by atoms with Crippen molar-refractivity contribution in [1.29, 1.82) is 0 Å². The molecule has 69 valence electrons. The largest absolute Gasteiger partial charge is 0.279 e. The average molecular weight is 204 g/mol. The number of benzene rings is 1. The lowest BCUT2D eigenvalue weighted by Crippen LogP contribution is -2.12. The lowest BCUT2D eigenvalue weighted by molar-refractivity contribution is 0.0943. The summed E-state index contributed by atoms with van der Waals surface area (Å²) in [4.78, 5) is 11.7. The van der Waals surface area contributed by atoms with Gasteiger partial charge >= 0.3 is 0 Å². The molecule has 1 radical (unpaired) electrons. The van der Waals surface area contributed by atoms with E-state index in [1.165, 1.54) is 6.20 Å². The van der Waals surface area contributed by atoms with Crippen LogP contribution in [0.2, 0.25) is 0 Å². The molecule has 0 amide bonds. The first-order valence-electron chi connectivity index (χ1n) is 3.96. The summed E-state index contributed by atoms with van der Waals surface area (Å²) in [5, 5.41) is 7.49. The van der Waals surface area contributed by atoms with E-state index in [1.807, 2.05) is 6.07 Å². The predicted molar refractivity (Wildman–Crippen MR) is 52.0 cm³/mol. The molecule has 1 aromatic carbocycles. The van der Waals surface area contributed by atoms with Crippen molar-refractivity contribution < 1.29 is 4.79 Å². The monoisotopic (exact) mass is 204 g/mol. The zero-order valence-corrected chi connectivity index (χ0v) is 7.94. The van der Waals surface area contributed by atoms with Crippen LogP contribution in [0.15, 0.2) is 41.6 Å². The van der Waals surface area contributed by atoms with Crippen molar-refractivity contribution in [2.75, 3.05) is 0 Å². The molecule has 0 spiro atoms. The van der Waals surface area contributed by atoms with Gasteiger partial charge in [0.15, 0.2) is 5.03 Å². The fourth-order valence-corrected chi connectivity index (χ4v) is 1.20. The van der Waals surface area contributed by atoms with Gasteiger partial charge in [0, 0.05) is 5.56 Å². The summed E-state index contributed by atoms with van der Waals surface area (Å²) < 4.78 is 1.14. The minimum Gasteiger partial charge on any atom is -0.267 e. The second kappa shape index (κ2) is 3.55. The third kappa shape index (κ3) is 1.62. The second-order valence-corrected chi connectivity index (χ2v) is 3.09. The van der Waals surface area contributed by atoms with Gasteiger partial charge in [-0.2, -0.15) is 4.68 Å². The number of nitrogens with zero attached hydrogens (tertiary/aromatic N) is 3. The van der Waals surface area contributed by atoms with Crippen LogP contribution in [0.1, 0.15) is 10.4 Å². The van der Waals surface area contributed by atoms with E-state index < -0.39 is 0 Å². The lowest BCUT2D eigenvalue weighted by Gasteiger charge is -1.97. The molecule has 0 N–H and O–H groups in total. The third-order valence-corrected chi connectivity index (χ3v) is 1.89. The summed E-state index contributed by atoms with van der Waals surface area (Å²) in [5.74, 6) is -0.228. The Hall–Kier alpha value is -1.75. The van der Waals surface area contributed by atoms with Gasteiger partial charge in [-0.25, -0.2) is 0 Å². The van der Waals surface area contributed by atoms with Crippen molar-refractivity contribution in [1.82, 2.24) is 15.0 Å². The second-order valence-electron chi connectivity index (χ2n) is 2.67. The molecular weight excluding hydrogens is 198 g/mol. The molecular formula is C9H6N3OS. The van der Waals surface area contributed by atoms with Crippen LogP contribution in [0.5, 0.6) is 0 Å². The van der Waals surface area contributed by atoms with E-state index in [2.05, 4.69) is 10.3 Å². The molecule has 1 aromatic heterocycles. The zero-order chi connectivity index (χ0) is 9.97. The molecule has 0 fully saturated rings. The normalized spacial score (nSPS) is 10.0. The number of hydrogen-bond acceptors (Lipinski definition) is 3. The number of rotatable bonds is 1. The van der Waals surface area contributed by atoms with Gasteiger partial charge in [-0.3, -0.25) is 4.79 Å². The maximum atomic E-state index is 11.7. The fourth-order valence-electron chi connectivity index (χ4n) is 1.06. The molecule has 0 bridgehead atoms. The van der Waals surface area contributed by atoms with Gasteiger partial charge < -0.3 is 0 Å². The molecule has 4 nitrogen and oxygen atoms in total. The molecule has 14 heavy (non-hydrogen) atoms. The molecule has 2 rings (SSSR count). The topological polar surface area (TPSA) is 47.8 Å². The summed E-state index contributed by atoms with van der Waals surface area (Å²) in [5.41, 5.74) is 0.562. The Labute approximate surface area is 86.0 Å². The Morgan fingerprint density at radius 1 is 1.29 bits per heavy atom. The molecule has 0 unspecified atom stereocenters. The highest BCUT2D eigenvalue weighted by Gasteiger charge is 2.09. The van der Waals surface area contributed by atoms with Crippen LogP contribution < -0.4 is 0 Å². The zero-order valence-electron chi connectivity index (χ0n) is 7.12. The van der Waals surface area contributed by atoms with Crippen molar-refractivity contribution in [2.45, 2.75) is 5.03 Å². The maximum Gasteiger partial charge on any atom is 0.279 e. The first-order valence-corrected chi connectivity index (χ1v) is 4.37. The van der Waals surface area contributed by atoms with E-state index in [0.29, 0.717) is 10.6 Å². The van der Waals surface area contributed by atoms with Gasteiger partial charge in [-0.15, -0.1) is 5.10 Å². The van der Waals surface area contributed by atoms with Crippen LogP contribution in [-0.4, -0.2) is 20.9 Å². The maximum absolute atomic E-state index is 11.7. The number of carbonyl (C=O) groups excluding carboxylic acids is 1. The number of carbonyl (C=O) groups is 1. The van der Waals surface area contributed by atoms with E-state index in [0.717, 1.165) is 4.68 Å². The molecule has 2 aromatic rings. The van der Waals surface area contributed by atoms with Gasteiger partial charge in [-0.1, -0.05) is 36.0 Å². The minimum absolute atomic E-state index is 0.228. The summed E-state index contributed by atoms with van der Waals surface area (Å²) in [6.07, 6.45) is 1.42. The van der Waals surface area contributed by atoms with Gasteiger partial charge in [0.05, 0.1) is 6.20 Å². The minimum atomic E-state index is -0.228. The molecule has 0 saturated heterocycles. The highest BCUT2D eigenvalue weighted by molar-refractivity contribution is 7.80. The summed E-state index contributed by atoms with van der Waals surface area (Å²) >= 11 is 4.76. The lowest BCUT2D eigenvalue weighted by atomic mass is 10.2. The molecule has 1 heterocycles. The standard InChI is InChI=1S/C9H6N3OS/c13-9(7-4-2-1-3-5-7)12-6-8(14)10-11-12/h1-6H. The van der Waals surface area contributed by atoms with Crippen molar-refractivity contribution in [3.63, 3.8) is 0 Å². The first kappa shape index (κ1) is 8.83. The van der Waals surface area contributed by atoms with Crippen LogP contribution in [0.3, 0.4) is 0 Å². The molecule has 0 aliphatic rings. The van der Waals surface area contributed by atoms with E-state index in [9.17, 15) is 4.79 Å². The van der Waals surface area contributed by atoms with Gasteiger partial charge in [0.25, 0.3) is 5.91 Å². The van der Waals surface area contributed by atoms with E-state index in [-0.39, 0.29) is 5.91 Å². The van der Waals surface area contributed by atoms with Crippen LogP contribution in [-0.2, 0) is 0 Å². The Bertz CT molecular complexity index is 452. The molecule has 0 saturated carbocycles. The van der Waals surface area contributed by atoms with E-state index in [1.54, 1.807) is 24.3 Å². The third-order valence-electron chi connectivity index (χ3n) is 1.70. The van der Waals surface area contributed by atoms with Crippen molar-refractivity contribution in [3.8, 4) is 0 Å². The van der Waals surface area contributed by atoms with Crippen molar-refractivity contribution in [3.05, 3.63) is 42.1 Å². The van der Waals surface area contributed by atoms with E-state index in [4.69, 9.17) is 12.6 Å². The fraction of sp³-hybridized carbons (Fsp3) is 0. The molecule has 0 aliphatic heterocycles. The van der Waals surface area contributed by atoms with Crippen molar-refractivity contribution in [2.24, 2.45) is 0 Å². The van der Waals surface area contributed by atoms with Crippen LogP contribution in [0.25, 0.3) is 0 Å². The molecule has 5 heteroatoms. The molecule has 0 aliphatic carbocycles. The van der Waals surface area contributed by atoms with Crippen LogP contribution in [0.4, 0.5) is 0 Å². The Morgan fingerprint density at radius 2 is 2.00 bits per heavy atom. The average Bonchev–Trinajstić information content (AvgIpc) is 2.65. The number of aromatic nitrogens is 3. The number of hydrogen-bond donors (Lipinski definition) is 0. The Morgan fingerprint density at radius 3 is 2.57 bits per heavy atom. The smallest absolute Gasteiger partial charge is 0.267 e. The van der Waals surface area contributed by atoms with Crippen LogP contribution in [0, 0.1) is 0 Å². The predicted octanol–water partition coefficient (Wildman–Crippen LogP) is 1.52. The van der Waals surface area contributed by atoms with Gasteiger partial charge in [0.1, 0.15) is 0 Å². The summed E-state index contributed by atoms with van der Waals surface area (Å²) in [6.45, 7) is 0. The highest BCUT2D eigenvalue weighted by Crippen LogP contribution is 2.03. The van der Waals surface area contributed by atoms with Crippen molar-refractivity contribution >= 4 is 18.5 Å². The Kier molecular flexibility index (Phi) is 2.24. The van der Waals surface area contributed by atoms with Gasteiger partial charge in [-0.05, 0) is 12.1 Å². The van der Waals surface area contributed by atoms with Crippen LogP contribution >= 0.6 is 12.6 Å². The summed E-state index contributed by atoms with van der Waals surface area (Å²) in [6, 6.07) is 8.86. The highest BCUT2D eigenvalue weighted by atomic mass is 32.1. The quantitative estimate of drug-likeness (QED) is 0.707. The summed E-state index contributed by atoms with van der Waals surface area (Å²) in [7, 11) is 0. The first-order chi connectivity index (χ1) is 6.77.